The monoisotopic (exact) mass is 350 g/mol. The highest BCUT2D eigenvalue weighted by Crippen LogP contribution is 2.40. The van der Waals surface area contributed by atoms with E-state index in [1.807, 2.05) is 0 Å². The van der Waals surface area contributed by atoms with Gasteiger partial charge in [-0.1, -0.05) is 64.2 Å². The lowest BCUT2D eigenvalue weighted by Crippen LogP contribution is -2.46. The number of nitrogens with two attached hydrogens (primary N) is 1. The normalized spacial score (nSPS) is 29.2. The van der Waals surface area contributed by atoms with Crippen LogP contribution in [0.4, 0.5) is 4.39 Å². The first-order valence-electron chi connectivity index (χ1n) is 10.4. The first kappa shape index (κ1) is 18.7. The highest BCUT2D eigenvalue weighted by Gasteiger charge is 2.45. The molecule has 0 aromatic carbocycles. The number of guanidine groups is 1. The zero-order valence-corrected chi connectivity index (χ0v) is 15.6. The molecule has 5 heteroatoms. The van der Waals surface area contributed by atoms with E-state index in [1.54, 1.807) is 4.90 Å². The van der Waals surface area contributed by atoms with E-state index < -0.39 is 12.2 Å². The molecule has 0 aromatic rings. The molecule has 0 saturated heterocycles. The van der Waals surface area contributed by atoms with Crippen molar-refractivity contribution < 1.29 is 4.39 Å². The second-order valence-corrected chi connectivity index (χ2v) is 8.44. The van der Waals surface area contributed by atoms with Crippen LogP contribution < -0.4 is 5.73 Å². The van der Waals surface area contributed by atoms with E-state index in [9.17, 15) is 4.39 Å². The van der Waals surface area contributed by atoms with E-state index in [0.717, 1.165) is 25.2 Å². The highest BCUT2D eigenvalue weighted by atomic mass is 19.1. The Balaban J connectivity index is 1.72. The summed E-state index contributed by atoms with van der Waals surface area (Å²) in [6, 6.07) is 0. The molecular weight excluding hydrogens is 315 g/mol. The second-order valence-electron chi connectivity index (χ2n) is 8.44. The van der Waals surface area contributed by atoms with Crippen LogP contribution in [0.5, 0.6) is 0 Å². The van der Waals surface area contributed by atoms with Crippen LogP contribution in [0.15, 0.2) is 4.99 Å². The van der Waals surface area contributed by atoms with Crippen LogP contribution in [-0.4, -0.2) is 35.5 Å². The number of amidine groups is 1. The summed E-state index contributed by atoms with van der Waals surface area (Å²) in [5.74, 6) is 2.24. The third kappa shape index (κ3) is 4.35. The Morgan fingerprint density at radius 3 is 2.24 bits per heavy atom. The lowest BCUT2D eigenvalue weighted by atomic mass is 9.75. The minimum atomic E-state index is -0.487. The molecule has 2 saturated carbocycles. The molecule has 3 rings (SSSR count). The van der Waals surface area contributed by atoms with Gasteiger partial charge in [0.05, 0.1) is 6.54 Å². The number of nitrogens with zero attached hydrogens (tertiary/aromatic N) is 2. The maximum atomic E-state index is 12.9. The standard InChI is InChI=1S/C20H35FN4/c21-13-14-25-18(22)20(24-19(25)23,15-17-9-5-2-6-10-17)12-11-16-7-3-1-4-8-16/h16-17,22H,1-15H2,(H2,23,24)/t20-/m1/s1. The highest BCUT2D eigenvalue weighted by molar-refractivity contribution is 6.08. The maximum absolute atomic E-state index is 12.9. The van der Waals surface area contributed by atoms with Gasteiger partial charge in [0.1, 0.15) is 18.0 Å². The number of halogens is 1. The lowest BCUT2D eigenvalue weighted by molar-refractivity contribution is 0.261. The molecule has 0 bridgehead atoms. The van der Waals surface area contributed by atoms with Crippen molar-refractivity contribution in [3.05, 3.63) is 0 Å². The summed E-state index contributed by atoms with van der Waals surface area (Å²) in [6.07, 6.45) is 16.1. The number of rotatable bonds is 7. The van der Waals surface area contributed by atoms with Gasteiger partial charge < -0.3 is 5.73 Å². The largest absolute Gasteiger partial charge is 0.369 e. The predicted molar refractivity (Wildman–Crippen MR) is 102 cm³/mol. The minimum absolute atomic E-state index is 0.171. The van der Waals surface area contributed by atoms with Crippen molar-refractivity contribution in [2.45, 2.75) is 89.0 Å². The second kappa shape index (κ2) is 8.50. The van der Waals surface area contributed by atoms with Gasteiger partial charge in [-0.2, -0.15) is 0 Å². The molecule has 0 spiro atoms. The van der Waals surface area contributed by atoms with Crippen LogP contribution in [0.3, 0.4) is 0 Å². The van der Waals surface area contributed by atoms with Gasteiger partial charge in [0.25, 0.3) is 0 Å². The lowest BCUT2D eigenvalue weighted by Gasteiger charge is -2.35. The molecule has 1 atom stereocenters. The summed E-state index contributed by atoms with van der Waals surface area (Å²) in [6.45, 7) is -0.315. The zero-order chi connectivity index (χ0) is 17.7. The fraction of sp³-hybridized carbons (Fsp3) is 0.900. The fourth-order valence-corrected chi connectivity index (χ4v) is 5.22. The molecular formula is C20H35FN4. The van der Waals surface area contributed by atoms with E-state index >= 15 is 0 Å². The van der Waals surface area contributed by atoms with Crippen molar-refractivity contribution in [2.24, 2.45) is 22.6 Å². The third-order valence-electron chi connectivity index (χ3n) is 6.67. The van der Waals surface area contributed by atoms with Crippen molar-refractivity contribution in [2.75, 3.05) is 13.2 Å². The molecule has 2 fully saturated rings. The SMILES string of the molecule is N=C1N(CCF)C(N)=N[C@]1(CCC1CCCCC1)CC1CCCCC1. The van der Waals surface area contributed by atoms with Crippen molar-refractivity contribution in [3.63, 3.8) is 0 Å². The van der Waals surface area contributed by atoms with Crippen molar-refractivity contribution in [3.8, 4) is 0 Å². The summed E-state index contributed by atoms with van der Waals surface area (Å²) in [5.41, 5.74) is 5.63. The Bertz CT molecular complexity index is 480. The number of aliphatic imine (C=N–C) groups is 1. The number of hydrogen-bond donors (Lipinski definition) is 2. The van der Waals surface area contributed by atoms with E-state index in [2.05, 4.69) is 0 Å². The van der Waals surface area contributed by atoms with Crippen molar-refractivity contribution in [1.29, 1.82) is 5.41 Å². The van der Waals surface area contributed by atoms with Gasteiger partial charge in [0.15, 0.2) is 5.96 Å². The van der Waals surface area contributed by atoms with E-state index in [4.69, 9.17) is 16.1 Å². The van der Waals surface area contributed by atoms with Crippen LogP contribution in [0.25, 0.3) is 0 Å². The van der Waals surface area contributed by atoms with E-state index in [-0.39, 0.29) is 6.54 Å². The Labute approximate surface area is 152 Å². The molecule has 0 radical (unpaired) electrons. The number of alkyl halides is 1. The first-order valence-corrected chi connectivity index (χ1v) is 10.4. The molecule has 3 aliphatic rings. The van der Waals surface area contributed by atoms with Crippen molar-refractivity contribution in [1.82, 2.24) is 4.90 Å². The molecule has 142 valence electrons. The van der Waals surface area contributed by atoms with Crippen LogP contribution >= 0.6 is 0 Å². The molecule has 25 heavy (non-hydrogen) atoms. The Kier molecular flexibility index (Phi) is 6.34. The summed E-state index contributed by atoms with van der Waals surface area (Å²) < 4.78 is 12.9. The summed E-state index contributed by atoms with van der Waals surface area (Å²) in [4.78, 5) is 6.42. The Hall–Kier alpha value is -1.13. The molecule has 3 N–H and O–H groups in total. The van der Waals surface area contributed by atoms with Gasteiger partial charge in [0, 0.05) is 0 Å². The average Bonchev–Trinajstić information content (AvgIpc) is 2.87. The van der Waals surface area contributed by atoms with Gasteiger partial charge in [-0.25, -0.2) is 9.38 Å². The molecule has 1 heterocycles. The van der Waals surface area contributed by atoms with Gasteiger partial charge in [-0.05, 0) is 31.1 Å². The van der Waals surface area contributed by atoms with E-state index in [1.165, 1.54) is 64.2 Å². The number of nitrogens with one attached hydrogen (secondary N) is 1. The van der Waals surface area contributed by atoms with Crippen LogP contribution in [0.1, 0.15) is 83.5 Å². The first-order chi connectivity index (χ1) is 12.1. The molecule has 4 nitrogen and oxygen atoms in total. The number of hydrogen-bond acceptors (Lipinski definition) is 3. The average molecular weight is 351 g/mol. The quantitative estimate of drug-likeness (QED) is 0.703. The molecule has 0 unspecified atom stereocenters. The Morgan fingerprint density at radius 2 is 1.64 bits per heavy atom. The van der Waals surface area contributed by atoms with Gasteiger partial charge >= 0.3 is 0 Å². The maximum Gasteiger partial charge on any atom is 0.197 e. The van der Waals surface area contributed by atoms with Crippen LogP contribution in [0, 0.1) is 17.2 Å². The van der Waals surface area contributed by atoms with Crippen LogP contribution in [0.2, 0.25) is 0 Å². The summed E-state index contributed by atoms with van der Waals surface area (Å²) >= 11 is 0. The van der Waals surface area contributed by atoms with E-state index in [0.29, 0.717) is 17.7 Å². The Morgan fingerprint density at radius 1 is 1.04 bits per heavy atom. The zero-order valence-electron chi connectivity index (χ0n) is 15.6. The van der Waals surface area contributed by atoms with Gasteiger partial charge in [0.2, 0.25) is 0 Å². The molecule has 0 aromatic heterocycles. The fourth-order valence-electron chi connectivity index (χ4n) is 5.22. The summed E-state index contributed by atoms with van der Waals surface area (Å²) in [7, 11) is 0. The smallest absolute Gasteiger partial charge is 0.197 e. The summed E-state index contributed by atoms with van der Waals surface area (Å²) in [5, 5.41) is 8.75. The topological polar surface area (TPSA) is 65.5 Å². The van der Waals surface area contributed by atoms with Gasteiger partial charge in [-0.3, -0.25) is 10.3 Å². The van der Waals surface area contributed by atoms with Crippen LogP contribution in [-0.2, 0) is 0 Å². The van der Waals surface area contributed by atoms with Crippen molar-refractivity contribution >= 4 is 11.8 Å². The molecule has 0 amide bonds. The third-order valence-corrected chi connectivity index (χ3v) is 6.67. The molecule has 2 aliphatic carbocycles. The molecule has 1 aliphatic heterocycles. The predicted octanol–water partition coefficient (Wildman–Crippen LogP) is 4.63. The van der Waals surface area contributed by atoms with Gasteiger partial charge in [-0.15, -0.1) is 0 Å². The minimum Gasteiger partial charge on any atom is -0.369 e.